The number of rotatable bonds is 5. The molecule has 3 aromatic rings. The first-order chi connectivity index (χ1) is 11.6. The van der Waals surface area contributed by atoms with Gasteiger partial charge in [0, 0.05) is 13.0 Å². The maximum absolute atomic E-state index is 11.6. The molecular formula is C16H15Cl2N5O. The fourth-order valence-corrected chi connectivity index (χ4v) is 2.45. The Kier molecular flexibility index (Phi) is 4.87. The highest BCUT2D eigenvalue weighted by molar-refractivity contribution is 6.42. The molecule has 0 fully saturated rings. The van der Waals surface area contributed by atoms with Gasteiger partial charge in [-0.3, -0.25) is 4.79 Å². The third-order valence-corrected chi connectivity index (χ3v) is 4.15. The Bertz CT molecular complexity index is 893. The van der Waals surface area contributed by atoms with Crippen molar-refractivity contribution >= 4 is 46.4 Å². The first kappa shape index (κ1) is 16.5. The summed E-state index contributed by atoms with van der Waals surface area (Å²) in [6.45, 7) is 2.33. The van der Waals surface area contributed by atoms with Gasteiger partial charge in [-0.15, -0.1) is 5.10 Å². The molecule has 0 saturated heterocycles. The molecule has 0 aliphatic carbocycles. The van der Waals surface area contributed by atoms with E-state index in [1.807, 2.05) is 18.2 Å². The van der Waals surface area contributed by atoms with Gasteiger partial charge in [0.15, 0.2) is 11.5 Å². The van der Waals surface area contributed by atoms with E-state index in [9.17, 15) is 4.79 Å². The molecule has 2 heterocycles. The van der Waals surface area contributed by atoms with E-state index in [-0.39, 0.29) is 5.91 Å². The third kappa shape index (κ3) is 3.60. The molecule has 0 aliphatic rings. The second kappa shape index (κ2) is 7.07. The average molecular weight is 364 g/mol. The summed E-state index contributed by atoms with van der Waals surface area (Å²) >= 11 is 11.9. The van der Waals surface area contributed by atoms with Crippen LogP contribution in [0.1, 0.15) is 18.9 Å². The largest absolute Gasteiger partial charge is 0.365 e. The van der Waals surface area contributed by atoms with Gasteiger partial charge >= 0.3 is 0 Å². The van der Waals surface area contributed by atoms with Crippen molar-refractivity contribution in [1.29, 1.82) is 0 Å². The molecule has 0 bridgehead atoms. The molecule has 0 unspecified atom stereocenters. The van der Waals surface area contributed by atoms with Gasteiger partial charge in [-0.05, 0) is 29.8 Å². The Morgan fingerprint density at radius 2 is 2.04 bits per heavy atom. The number of hydrogen-bond donors (Lipinski definition) is 2. The number of fused-ring (bicyclic) bond motifs is 1. The molecule has 6 nitrogen and oxygen atoms in total. The minimum Gasteiger partial charge on any atom is -0.365 e. The van der Waals surface area contributed by atoms with E-state index in [1.165, 1.54) is 0 Å². The average Bonchev–Trinajstić information content (AvgIpc) is 2.98. The molecular weight excluding hydrogens is 349 g/mol. The van der Waals surface area contributed by atoms with E-state index in [1.54, 1.807) is 29.8 Å². The molecule has 124 valence electrons. The van der Waals surface area contributed by atoms with E-state index in [0.717, 1.165) is 5.56 Å². The van der Waals surface area contributed by atoms with Gasteiger partial charge in [-0.25, -0.2) is 4.98 Å². The Hall–Kier alpha value is -2.31. The lowest BCUT2D eigenvalue weighted by Crippen LogP contribution is -2.12. The minimum absolute atomic E-state index is 0.0900. The van der Waals surface area contributed by atoms with Crippen molar-refractivity contribution in [2.24, 2.45) is 0 Å². The summed E-state index contributed by atoms with van der Waals surface area (Å²) < 4.78 is 1.59. The van der Waals surface area contributed by atoms with Crippen LogP contribution in [0.25, 0.3) is 5.65 Å². The van der Waals surface area contributed by atoms with E-state index in [0.29, 0.717) is 40.3 Å². The van der Waals surface area contributed by atoms with Gasteiger partial charge in [0.2, 0.25) is 5.91 Å². The third-order valence-electron chi connectivity index (χ3n) is 3.41. The standard InChI is InChI=1S/C16H15Cl2N5O/c1-2-16(24)21-15-9-20-14-6-5-13(22-23(14)15)19-8-10-3-4-11(17)12(18)7-10/h3-7,9H,2,8H2,1H3,(H,19,22)(H,21,24). The molecule has 2 N–H and O–H groups in total. The van der Waals surface area contributed by atoms with Crippen molar-refractivity contribution in [3.05, 3.63) is 52.1 Å². The second-order valence-electron chi connectivity index (χ2n) is 5.14. The molecule has 1 aromatic carbocycles. The predicted octanol–water partition coefficient (Wildman–Crippen LogP) is 4.00. The van der Waals surface area contributed by atoms with Gasteiger partial charge in [0.05, 0.1) is 16.2 Å². The van der Waals surface area contributed by atoms with Crippen molar-refractivity contribution in [2.75, 3.05) is 10.6 Å². The zero-order chi connectivity index (χ0) is 17.1. The highest BCUT2D eigenvalue weighted by Gasteiger charge is 2.08. The van der Waals surface area contributed by atoms with Crippen LogP contribution in [0.15, 0.2) is 36.5 Å². The Morgan fingerprint density at radius 3 is 2.79 bits per heavy atom. The lowest BCUT2D eigenvalue weighted by atomic mass is 10.2. The Labute approximate surface area is 148 Å². The summed E-state index contributed by atoms with van der Waals surface area (Å²) in [6.07, 6.45) is 1.97. The first-order valence-corrected chi connectivity index (χ1v) is 8.15. The number of anilines is 2. The number of hydrogen-bond acceptors (Lipinski definition) is 4. The van der Waals surface area contributed by atoms with E-state index in [2.05, 4.69) is 20.7 Å². The predicted molar refractivity (Wildman–Crippen MR) is 95.7 cm³/mol. The summed E-state index contributed by atoms with van der Waals surface area (Å²) in [5.74, 6) is 1.10. The number of imidazole rings is 1. The number of nitrogens with one attached hydrogen (secondary N) is 2. The van der Waals surface area contributed by atoms with Crippen molar-refractivity contribution in [1.82, 2.24) is 14.6 Å². The number of carbonyl (C=O) groups excluding carboxylic acids is 1. The summed E-state index contributed by atoms with van der Waals surface area (Å²) in [7, 11) is 0. The van der Waals surface area contributed by atoms with Crippen LogP contribution in [-0.2, 0) is 11.3 Å². The van der Waals surface area contributed by atoms with Crippen LogP contribution in [-0.4, -0.2) is 20.5 Å². The number of benzene rings is 1. The van der Waals surface area contributed by atoms with Crippen molar-refractivity contribution < 1.29 is 4.79 Å². The molecule has 24 heavy (non-hydrogen) atoms. The molecule has 0 spiro atoms. The van der Waals surface area contributed by atoms with Gasteiger partial charge < -0.3 is 10.6 Å². The molecule has 1 amide bonds. The van der Waals surface area contributed by atoms with Gasteiger partial charge in [-0.1, -0.05) is 36.2 Å². The Balaban J connectivity index is 1.78. The molecule has 8 heteroatoms. The minimum atomic E-state index is -0.0900. The fourth-order valence-electron chi connectivity index (χ4n) is 2.13. The molecule has 2 aromatic heterocycles. The number of nitrogens with zero attached hydrogens (tertiary/aromatic N) is 3. The number of aromatic nitrogens is 3. The summed E-state index contributed by atoms with van der Waals surface area (Å²) in [4.78, 5) is 15.8. The number of amides is 1. The smallest absolute Gasteiger partial charge is 0.225 e. The monoisotopic (exact) mass is 363 g/mol. The first-order valence-electron chi connectivity index (χ1n) is 7.39. The normalized spacial score (nSPS) is 10.8. The maximum atomic E-state index is 11.6. The highest BCUT2D eigenvalue weighted by atomic mass is 35.5. The zero-order valence-electron chi connectivity index (χ0n) is 12.9. The van der Waals surface area contributed by atoms with E-state index >= 15 is 0 Å². The molecule has 3 rings (SSSR count). The van der Waals surface area contributed by atoms with Crippen LogP contribution in [0.3, 0.4) is 0 Å². The van der Waals surface area contributed by atoms with Gasteiger partial charge in [0.1, 0.15) is 5.82 Å². The topological polar surface area (TPSA) is 71.3 Å². The van der Waals surface area contributed by atoms with Gasteiger partial charge in [0.25, 0.3) is 0 Å². The number of halogens is 2. The quantitative estimate of drug-likeness (QED) is 0.718. The van der Waals surface area contributed by atoms with Crippen LogP contribution in [0.2, 0.25) is 10.0 Å². The van der Waals surface area contributed by atoms with Gasteiger partial charge in [-0.2, -0.15) is 4.52 Å². The van der Waals surface area contributed by atoms with Crippen LogP contribution in [0.5, 0.6) is 0 Å². The van der Waals surface area contributed by atoms with E-state index in [4.69, 9.17) is 23.2 Å². The lowest BCUT2D eigenvalue weighted by molar-refractivity contribution is -0.115. The summed E-state index contributed by atoms with van der Waals surface area (Å²) in [6, 6.07) is 9.10. The SMILES string of the molecule is CCC(=O)Nc1cnc2ccc(NCc3ccc(Cl)c(Cl)c3)nn12. The van der Waals surface area contributed by atoms with Crippen molar-refractivity contribution in [2.45, 2.75) is 19.9 Å². The van der Waals surface area contributed by atoms with Crippen molar-refractivity contribution in [3.63, 3.8) is 0 Å². The molecule has 0 atom stereocenters. The Morgan fingerprint density at radius 1 is 1.21 bits per heavy atom. The second-order valence-corrected chi connectivity index (χ2v) is 5.95. The zero-order valence-corrected chi connectivity index (χ0v) is 14.4. The maximum Gasteiger partial charge on any atom is 0.225 e. The lowest BCUT2D eigenvalue weighted by Gasteiger charge is -2.08. The molecule has 0 radical (unpaired) electrons. The summed E-state index contributed by atoms with van der Waals surface area (Å²) in [5, 5.41) is 11.5. The summed E-state index contributed by atoms with van der Waals surface area (Å²) in [5.41, 5.74) is 1.64. The van der Waals surface area contributed by atoms with Crippen LogP contribution in [0, 0.1) is 0 Å². The number of carbonyl (C=O) groups is 1. The van der Waals surface area contributed by atoms with Crippen LogP contribution in [0.4, 0.5) is 11.6 Å². The fraction of sp³-hybridized carbons (Fsp3) is 0.188. The van der Waals surface area contributed by atoms with E-state index < -0.39 is 0 Å². The molecule has 0 saturated carbocycles. The molecule has 0 aliphatic heterocycles. The highest BCUT2D eigenvalue weighted by Crippen LogP contribution is 2.23. The van der Waals surface area contributed by atoms with Crippen molar-refractivity contribution in [3.8, 4) is 0 Å². The van der Waals surface area contributed by atoms with Crippen LogP contribution >= 0.6 is 23.2 Å². The van der Waals surface area contributed by atoms with Crippen LogP contribution < -0.4 is 10.6 Å².